The Balaban J connectivity index is 1.83. The van der Waals surface area contributed by atoms with Crippen molar-refractivity contribution in [1.82, 2.24) is 4.90 Å². The zero-order chi connectivity index (χ0) is 19.1. The van der Waals surface area contributed by atoms with Crippen LogP contribution in [0.15, 0.2) is 57.5 Å². The van der Waals surface area contributed by atoms with E-state index in [0.29, 0.717) is 12.1 Å². The van der Waals surface area contributed by atoms with Crippen LogP contribution in [-0.2, 0) is 4.79 Å². The molecule has 2 aromatic heterocycles. The number of furan rings is 1. The van der Waals surface area contributed by atoms with Crippen LogP contribution in [0, 0.1) is 6.92 Å². The fourth-order valence-electron chi connectivity index (χ4n) is 3.52. The minimum absolute atomic E-state index is 0.0954. The van der Waals surface area contributed by atoms with Gasteiger partial charge in [-0.3, -0.25) is 9.59 Å². The summed E-state index contributed by atoms with van der Waals surface area (Å²) in [6.07, 6.45) is 0.728. The van der Waals surface area contributed by atoms with E-state index in [0.717, 1.165) is 22.2 Å². The largest absolute Gasteiger partial charge is 0.503 e. The smallest absolute Gasteiger partial charge is 0.290 e. The number of aryl methyl sites for hydroxylation is 1. The SMILES string of the molecule is CCCN1C(=O)C(O)=C(C(=O)c2cc3ccccc3o2)C1c1sccc1C. The normalized spacial score (nSPS) is 17.3. The average Bonchev–Trinajstić information content (AvgIpc) is 3.34. The molecule has 1 amide bonds. The van der Waals surface area contributed by atoms with Gasteiger partial charge in [0, 0.05) is 16.8 Å². The summed E-state index contributed by atoms with van der Waals surface area (Å²) >= 11 is 1.48. The van der Waals surface area contributed by atoms with Gasteiger partial charge in [-0.1, -0.05) is 25.1 Å². The first kappa shape index (κ1) is 17.5. The maximum absolute atomic E-state index is 13.3. The molecular weight excluding hydrogens is 362 g/mol. The number of fused-ring (bicyclic) bond motifs is 1. The summed E-state index contributed by atoms with van der Waals surface area (Å²) in [7, 11) is 0. The second-order valence-corrected chi connectivity index (χ2v) is 7.56. The monoisotopic (exact) mass is 381 g/mol. The number of hydrogen-bond donors (Lipinski definition) is 1. The Labute approximate surface area is 160 Å². The molecule has 3 heterocycles. The van der Waals surface area contributed by atoms with Crippen molar-refractivity contribution >= 4 is 34.0 Å². The van der Waals surface area contributed by atoms with Gasteiger partial charge in [-0.05, 0) is 42.5 Å². The number of ketones is 1. The maximum atomic E-state index is 13.3. The molecule has 1 aliphatic rings. The molecule has 1 aromatic carbocycles. The molecule has 0 bridgehead atoms. The van der Waals surface area contributed by atoms with Crippen molar-refractivity contribution in [3.05, 3.63) is 69.3 Å². The molecule has 1 aliphatic heterocycles. The summed E-state index contributed by atoms with van der Waals surface area (Å²) in [4.78, 5) is 28.4. The molecule has 4 rings (SSSR count). The quantitative estimate of drug-likeness (QED) is 0.645. The second-order valence-electron chi connectivity index (χ2n) is 6.61. The number of amides is 1. The lowest BCUT2D eigenvalue weighted by Gasteiger charge is -2.25. The molecule has 0 saturated carbocycles. The number of Topliss-reactive ketones (excluding diaryl/α,β-unsaturated/α-hetero) is 1. The van der Waals surface area contributed by atoms with Crippen molar-refractivity contribution in [1.29, 1.82) is 0 Å². The highest BCUT2D eigenvalue weighted by atomic mass is 32.1. The Morgan fingerprint density at radius 1 is 1.30 bits per heavy atom. The third-order valence-corrected chi connectivity index (χ3v) is 5.88. The van der Waals surface area contributed by atoms with Gasteiger partial charge in [0.15, 0.2) is 11.5 Å². The molecule has 138 valence electrons. The summed E-state index contributed by atoms with van der Waals surface area (Å²) < 4.78 is 5.70. The Morgan fingerprint density at radius 2 is 2.07 bits per heavy atom. The highest BCUT2D eigenvalue weighted by Crippen LogP contribution is 2.42. The Hall–Kier alpha value is -2.86. The highest BCUT2D eigenvalue weighted by Gasteiger charge is 2.45. The van der Waals surface area contributed by atoms with Crippen molar-refractivity contribution in [2.24, 2.45) is 0 Å². The molecular formula is C21H19NO4S. The molecule has 3 aromatic rings. The minimum atomic E-state index is -0.585. The zero-order valence-electron chi connectivity index (χ0n) is 15.1. The molecule has 0 saturated heterocycles. The summed E-state index contributed by atoms with van der Waals surface area (Å²) in [5.41, 5.74) is 1.68. The predicted octanol–water partition coefficient (Wildman–Crippen LogP) is 4.79. The fraction of sp³-hybridized carbons (Fsp3) is 0.238. The van der Waals surface area contributed by atoms with Gasteiger partial charge in [0.1, 0.15) is 5.58 Å². The number of benzene rings is 1. The van der Waals surface area contributed by atoms with E-state index in [1.54, 1.807) is 17.0 Å². The number of aliphatic hydroxyl groups excluding tert-OH is 1. The average molecular weight is 381 g/mol. The maximum Gasteiger partial charge on any atom is 0.290 e. The van der Waals surface area contributed by atoms with E-state index >= 15 is 0 Å². The van der Waals surface area contributed by atoms with Crippen molar-refractivity contribution in [2.45, 2.75) is 26.3 Å². The summed E-state index contributed by atoms with van der Waals surface area (Å²) in [6, 6.07) is 10.4. The standard InChI is InChI=1S/C21H19NO4S/c1-3-9-22-17(20-12(2)8-10-27-20)16(19(24)21(22)25)18(23)15-11-13-6-4-5-7-14(13)26-15/h4-8,10-11,17,24H,3,9H2,1-2H3. The van der Waals surface area contributed by atoms with E-state index < -0.39 is 23.5 Å². The van der Waals surface area contributed by atoms with Crippen LogP contribution in [0.25, 0.3) is 11.0 Å². The topological polar surface area (TPSA) is 70.8 Å². The first-order valence-corrected chi connectivity index (χ1v) is 9.72. The molecule has 1 N–H and O–H groups in total. The number of nitrogens with zero attached hydrogens (tertiary/aromatic N) is 1. The fourth-order valence-corrected chi connectivity index (χ4v) is 4.57. The van der Waals surface area contributed by atoms with Crippen LogP contribution in [0.2, 0.25) is 0 Å². The van der Waals surface area contributed by atoms with E-state index in [2.05, 4.69) is 0 Å². The van der Waals surface area contributed by atoms with Gasteiger partial charge in [-0.25, -0.2) is 0 Å². The van der Waals surface area contributed by atoms with Crippen LogP contribution in [0.4, 0.5) is 0 Å². The Bertz CT molecular complexity index is 1040. The van der Waals surface area contributed by atoms with Gasteiger partial charge in [-0.15, -0.1) is 11.3 Å². The molecule has 0 fully saturated rings. The van der Waals surface area contributed by atoms with Crippen LogP contribution < -0.4 is 0 Å². The number of rotatable bonds is 5. The van der Waals surface area contributed by atoms with E-state index in [1.807, 2.05) is 43.5 Å². The molecule has 5 nitrogen and oxygen atoms in total. The van der Waals surface area contributed by atoms with Crippen LogP contribution >= 0.6 is 11.3 Å². The summed E-state index contributed by atoms with van der Waals surface area (Å²) in [6.45, 7) is 4.36. The second kappa shape index (κ2) is 6.70. The number of carbonyl (C=O) groups excluding carboxylic acids is 2. The van der Waals surface area contributed by atoms with Gasteiger partial charge in [0.05, 0.1) is 11.6 Å². The van der Waals surface area contributed by atoms with Crippen LogP contribution in [0.1, 0.15) is 40.4 Å². The molecule has 1 unspecified atom stereocenters. The van der Waals surface area contributed by atoms with E-state index in [4.69, 9.17) is 4.42 Å². The minimum Gasteiger partial charge on any atom is -0.503 e. The summed E-state index contributed by atoms with van der Waals surface area (Å²) in [5, 5.41) is 13.3. The van der Waals surface area contributed by atoms with Crippen LogP contribution in [0.5, 0.6) is 0 Å². The predicted molar refractivity (Wildman–Crippen MR) is 104 cm³/mol. The number of carbonyl (C=O) groups is 2. The lowest BCUT2D eigenvalue weighted by atomic mass is 9.98. The molecule has 0 aliphatic carbocycles. The first-order chi connectivity index (χ1) is 13.0. The van der Waals surface area contributed by atoms with Gasteiger partial charge in [-0.2, -0.15) is 0 Å². The molecule has 1 atom stereocenters. The molecule has 27 heavy (non-hydrogen) atoms. The third-order valence-electron chi connectivity index (χ3n) is 4.81. The highest BCUT2D eigenvalue weighted by molar-refractivity contribution is 7.10. The van der Waals surface area contributed by atoms with Gasteiger partial charge < -0.3 is 14.4 Å². The van der Waals surface area contributed by atoms with Crippen molar-refractivity contribution in [3.8, 4) is 0 Å². The Morgan fingerprint density at radius 3 is 2.74 bits per heavy atom. The number of thiophene rings is 1. The van der Waals surface area contributed by atoms with Gasteiger partial charge in [0.25, 0.3) is 5.91 Å². The molecule has 0 radical (unpaired) electrons. The zero-order valence-corrected chi connectivity index (χ0v) is 15.9. The number of hydrogen-bond acceptors (Lipinski definition) is 5. The Kier molecular flexibility index (Phi) is 4.36. The number of para-hydroxylation sites is 1. The lowest BCUT2D eigenvalue weighted by molar-refractivity contribution is -0.129. The van der Waals surface area contributed by atoms with E-state index in [9.17, 15) is 14.7 Å². The molecule has 0 spiro atoms. The van der Waals surface area contributed by atoms with Crippen LogP contribution in [-0.4, -0.2) is 28.2 Å². The van der Waals surface area contributed by atoms with Crippen LogP contribution in [0.3, 0.4) is 0 Å². The van der Waals surface area contributed by atoms with E-state index in [-0.39, 0.29) is 11.3 Å². The van der Waals surface area contributed by atoms with Gasteiger partial charge >= 0.3 is 0 Å². The molecule has 6 heteroatoms. The lowest BCUT2D eigenvalue weighted by Crippen LogP contribution is -2.31. The van der Waals surface area contributed by atoms with Crippen molar-refractivity contribution in [2.75, 3.05) is 6.54 Å². The third kappa shape index (κ3) is 2.77. The number of aliphatic hydroxyl groups is 1. The van der Waals surface area contributed by atoms with Crippen molar-refractivity contribution < 1.29 is 19.1 Å². The van der Waals surface area contributed by atoms with E-state index in [1.165, 1.54) is 11.3 Å². The van der Waals surface area contributed by atoms with Crippen molar-refractivity contribution in [3.63, 3.8) is 0 Å². The van der Waals surface area contributed by atoms with Gasteiger partial charge in [0.2, 0.25) is 5.78 Å². The summed E-state index contributed by atoms with van der Waals surface area (Å²) in [5.74, 6) is -1.31. The first-order valence-electron chi connectivity index (χ1n) is 8.84.